The van der Waals surface area contributed by atoms with E-state index >= 15 is 0 Å². The fourth-order valence-corrected chi connectivity index (χ4v) is 2.35. The fourth-order valence-electron chi connectivity index (χ4n) is 1.44. The number of rotatable bonds is 3. The van der Waals surface area contributed by atoms with Crippen molar-refractivity contribution in [2.75, 3.05) is 6.26 Å². The van der Waals surface area contributed by atoms with Crippen molar-refractivity contribution in [1.82, 2.24) is 14.8 Å². The zero-order valence-corrected chi connectivity index (χ0v) is 11.9. The molecule has 0 amide bonds. The highest BCUT2D eigenvalue weighted by Crippen LogP contribution is 2.18. The van der Waals surface area contributed by atoms with Crippen LogP contribution in [-0.4, -0.2) is 29.4 Å². The molecular formula is C10H11BrN4O2S. The van der Waals surface area contributed by atoms with Crippen molar-refractivity contribution in [3.63, 3.8) is 0 Å². The van der Waals surface area contributed by atoms with E-state index in [0.29, 0.717) is 5.82 Å². The Bertz CT molecular complexity index is 681. The molecule has 2 heterocycles. The monoisotopic (exact) mass is 330 g/mol. The molecule has 0 aliphatic rings. The van der Waals surface area contributed by atoms with Gasteiger partial charge in [0.1, 0.15) is 4.90 Å². The van der Waals surface area contributed by atoms with Crippen molar-refractivity contribution in [1.29, 1.82) is 0 Å². The number of nitrogens with zero attached hydrogens (tertiary/aromatic N) is 3. The van der Waals surface area contributed by atoms with Crippen LogP contribution in [0.3, 0.4) is 0 Å². The molecule has 6 nitrogen and oxygen atoms in total. The van der Waals surface area contributed by atoms with Crippen LogP contribution in [0.15, 0.2) is 34.0 Å². The summed E-state index contributed by atoms with van der Waals surface area (Å²) in [6.45, 7) is 0.288. The van der Waals surface area contributed by atoms with Crippen molar-refractivity contribution in [2.24, 2.45) is 5.73 Å². The molecule has 2 aromatic rings. The highest BCUT2D eigenvalue weighted by atomic mass is 79.9. The lowest BCUT2D eigenvalue weighted by molar-refractivity contribution is 0.602. The molecule has 0 saturated carbocycles. The van der Waals surface area contributed by atoms with E-state index in [1.807, 2.05) is 6.07 Å². The first kappa shape index (κ1) is 13.2. The Morgan fingerprint density at radius 1 is 1.44 bits per heavy atom. The lowest BCUT2D eigenvalue weighted by Gasteiger charge is -2.06. The van der Waals surface area contributed by atoms with Crippen molar-refractivity contribution < 1.29 is 8.42 Å². The van der Waals surface area contributed by atoms with Gasteiger partial charge in [-0.1, -0.05) is 0 Å². The average Bonchev–Trinajstić information content (AvgIpc) is 2.77. The number of hydrogen-bond donors (Lipinski definition) is 1. The van der Waals surface area contributed by atoms with E-state index in [1.54, 1.807) is 6.20 Å². The van der Waals surface area contributed by atoms with Crippen LogP contribution < -0.4 is 5.73 Å². The van der Waals surface area contributed by atoms with Crippen LogP contribution in [0.2, 0.25) is 0 Å². The van der Waals surface area contributed by atoms with E-state index in [1.165, 1.54) is 17.1 Å². The first-order valence-corrected chi connectivity index (χ1v) is 7.70. The summed E-state index contributed by atoms with van der Waals surface area (Å²) < 4.78 is 25.0. The van der Waals surface area contributed by atoms with Gasteiger partial charge in [0.15, 0.2) is 15.7 Å². The van der Waals surface area contributed by atoms with Gasteiger partial charge in [-0.2, -0.15) is 5.10 Å². The van der Waals surface area contributed by atoms with E-state index in [4.69, 9.17) is 5.73 Å². The van der Waals surface area contributed by atoms with Crippen LogP contribution >= 0.6 is 15.9 Å². The van der Waals surface area contributed by atoms with Gasteiger partial charge in [0.2, 0.25) is 0 Å². The van der Waals surface area contributed by atoms with Gasteiger partial charge in [-0.25, -0.2) is 18.1 Å². The van der Waals surface area contributed by atoms with Gasteiger partial charge in [0, 0.05) is 29.0 Å². The van der Waals surface area contributed by atoms with Crippen LogP contribution in [-0.2, 0) is 16.4 Å². The van der Waals surface area contributed by atoms with Crippen LogP contribution in [0.5, 0.6) is 0 Å². The summed E-state index contributed by atoms with van der Waals surface area (Å²) in [5.41, 5.74) is 6.40. The molecule has 0 radical (unpaired) electrons. The van der Waals surface area contributed by atoms with Gasteiger partial charge in [0.05, 0.1) is 12.4 Å². The minimum Gasteiger partial charge on any atom is -0.326 e. The molecule has 2 aromatic heterocycles. The Morgan fingerprint density at radius 3 is 2.72 bits per heavy atom. The highest BCUT2D eigenvalue weighted by Gasteiger charge is 2.13. The molecule has 0 bridgehead atoms. The number of nitrogens with two attached hydrogens (primary N) is 1. The topological polar surface area (TPSA) is 90.9 Å². The summed E-state index contributed by atoms with van der Waals surface area (Å²) in [5, 5.41) is 4.00. The maximum atomic E-state index is 11.4. The zero-order valence-electron chi connectivity index (χ0n) is 9.54. The largest absolute Gasteiger partial charge is 0.326 e. The Hall–Kier alpha value is -1.25. The summed E-state index contributed by atoms with van der Waals surface area (Å²) in [5.74, 6) is 0.524. The molecule has 0 atom stereocenters. The third-order valence-electron chi connectivity index (χ3n) is 2.33. The first-order valence-electron chi connectivity index (χ1n) is 5.01. The number of aromatic nitrogens is 3. The summed E-state index contributed by atoms with van der Waals surface area (Å²) in [4.78, 5) is 4.34. The van der Waals surface area contributed by atoms with Crippen LogP contribution in [0.1, 0.15) is 5.56 Å². The van der Waals surface area contributed by atoms with Crippen LogP contribution in [0.4, 0.5) is 0 Å². The predicted octanol–water partition coefficient (Wildman–Crippen LogP) is 0.892. The van der Waals surface area contributed by atoms with E-state index in [2.05, 4.69) is 26.0 Å². The molecule has 0 spiro atoms. The second kappa shape index (κ2) is 4.79. The Kier molecular flexibility index (Phi) is 3.51. The molecule has 0 aliphatic heterocycles. The quantitative estimate of drug-likeness (QED) is 0.902. The van der Waals surface area contributed by atoms with Gasteiger partial charge < -0.3 is 5.73 Å². The zero-order chi connectivity index (χ0) is 13.3. The van der Waals surface area contributed by atoms with E-state index in [9.17, 15) is 8.42 Å². The van der Waals surface area contributed by atoms with Crippen molar-refractivity contribution in [2.45, 2.75) is 11.4 Å². The molecule has 0 unspecified atom stereocenters. The van der Waals surface area contributed by atoms with E-state index in [-0.39, 0.29) is 11.4 Å². The Balaban J connectivity index is 2.53. The third kappa shape index (κ3) is 2.60. The third-order valence-corrected chi connectivity index (χ3v) is 3.83. The average molecular weight is 331 g/mol. The lowest BCUT2D eigenvalue weighted by Crippen LogP contribution is -2.07. The highest BCUT2D eigenvalue weighted by molar-refractivity contribution is 9.10. The number of sulfone groups is 1. The maximum absolute atomic E-state index is 11.4. The standard InChI is InChI=1S/C10H11BrN4O2S/c1-18(16,17)9-5-14-15(6-9)10-7(3-12)2-8(11)4-13-10/h2,4-6H,3,12H2,1H3. The fraction of sp³-hybridized carbons (Fsp3) is 0.200. The smallest absolute Gasteiger partial charge is 0.178 e. The van der Waals surface area contributed by atoms with Gasteiger partial charge in [-0.15, -0.1) is 0 Å². The predicted molar refractivity (Wildman–Crippen MR) is 70.1 cm³/mol. The minimum atomic E-state index is -3.27. The summed E-state index contributed by atoms with van der Waals surface area (Å²) in [6, 6.07) is 1.82. The lowest BCUT2D eigenvalue weighted by atomic mass is 10.2. The summed E-state index contributed by atoms with van der Waals surface area (Å²) in [7, 11) is -3.27. The van der Waals surface area contributed by atoms with Crippen LogP contribution in [0, 0.1) is 0 Å². The SMILES string of the molecule is CS(=O)(=O)c1cnn(-c2ncc(Br)cc2CN)c1. The van der Waals surface area contributed by atoms with Gasteiger partial charge in [-0.05, 0) is 22.0 Å². The molecule has 8 heteroatoms. The number of hydrogen-bond acceptors (Lipinski definition) is 5. The molecular weight excluding hydrogens is 320 g/mol. The Morgan fingerprint density at radius 2 is 2.17 bits per heavy atom. The van der Waals surface area contributed by atoms with Crippen molar-refractivity contribution >= 4 is 25.8 Å². The molecule has 18 heavy (non-hydrogen) atoms. The van der Waals surface area contributed by atoms with Crippen molar-refractivity contribution in [3.05, 3.63) is 34.7 Å². The minimum absolute atomic E-state index is 0.148. The maximum Gasteiger partial charge on any atom is 0.178 e. The van der Waals surface area contributed by atoms with Crippen molar-refractivity contribution in [3.8, 4) is 5.82 Å². The normalized spacial score (nSPS) is 11.7. The molecule has 2 N–H and O–H groups in total. The number of pyridine rings is 1. The summed E-state index contributed by atoms with van der Waals surface area (Å²) >= 11 is 3.30. The number of halogens is 1. The second-order valence-corrected chi connectivity index (χ2v) is 6.66. The molecule has 0 aromatic carbocycles. The second-order valence-electron chi connectivity index (χ2n) is 3.73. The van der Waals surface area contributed by atoms with Gasteiger partial charge in [0.25, 0.3) is 0 Å². The van der Waals surface area contributed by atoms with E-state index in [0.717, 1.165) is 16.3 Å². The molecule has 0 saturated heterocycles. The van der Waals surface area contributed by atoms with Gasteiger partial charge >= 0.3 is 0 Å². The molecule has 0 aliphatic carbocycles. The molecule has 0 fully saturated rings. The molecule has 96 valence electrons. The molecule has 2 rings (SSSR count). The van der Waals surface area contributed by atoms with Crippen LogP contribution in [0.25, 0.3) is 5.82 Å². The Labute approximate surface area is 113 Å². The summed E-state index contributed by atoms with van der Waals surface area (Å²) in [6.07, 6.45) is 5.45. The van der Waals surface area contributed by atoms with E-state index < -0.39 is 9.84 Å². The first-order chi connectivity index (χ1) is 8.41. The van der Waals surface area contributed by atoms with Gasteiger partial charge in [-0.3, -0.25) is 0 Å².